The molecule has 0 aliphatic carbocycles. The highest BCUT2D eigenvalue weighted by atomic mass is 32.1. The number of anilines is 1. The van der Waals surface area contributed by atoms with Crippen LogP contribution in [0.15, 0.2) is 42.6 Å². The number of rotatable bonds is 5. The first kappa shape index (κ1) is 18.6. The van der Waals surface area contributed by atoms with E-state index in [1.54, 1.807) is 17.5 Å². The minimum Gasteiger partial charge on any atom is -0.482 e. The van der Waals surface area contributed by atoms with E-state index in [2.05, 4.69) is 16.8 Å². The number of hydrogen-bond acceptors (Lipinski definition) is 6. The van der Waals surface area contributed by atoms with Gasteiger partial charge in [0.05, 0.1) is 17.1 Å². The van der Waals surface area contributed by atoms with Gasteiger partial charge in [0.15, 0.2) is 6.61 Å². The second-order valence-corrected chi connectivity index (χ2v) is 8.16. The zero-order chi connectivity index (χ0) is 19.7. The third-order valence-electron chi connectivity index (χ3n) is 4.63. The van der Waals surface area contributed by atoms with Crippen LogP contribution >= 0.6 is 11.3 Å². The number of carbonyl (C=O) groups excluding carboxylic acids is 1. The Morgan fingerprint density at radius 1 is 1.25 bits per heavy atom. The van der Waals surface area contributed by atoms with Gasteiger partial charge in [-0.2, -0.15) is 0 Å². The van der Waals surface area contributed by atoms with Crippen molar-refractivity contribution in [2.75, 3.05) is 38.7 Å². The Balaban J connectivity index is 1.71. The van der Waals surface area contributed by atoms with Crippen molar-refractivity contribution in [3.05, 3.63) is 47.5 Å². The molecule has 6 nitrogen and oxygen atoms in total. The van der Waals surface area contributed by atoms with Gasteiger partial charge in [-0.1, -0.05) is 6.07 Å². The fourth-order valence-corrected chi connectivity index (χ4v) is 4.07. The number of aromatic nitrogens is 2. The molecule has 1 aliphatic heterocycles. The van der Waals surface area contributed by atoms with E-state index in [9.17, 15) is 4.79 Å². The number of amides is 1. The standard InChI is InChI=1S/C21H22N4O2S/c1-14-20(23-21(28-14)16-6-4-5-9-22-16)15-7-8-18-17(12-15)25(11-10-24(2)3)19(26)13-27-18/h4-9,12H,10-11,13H2,1-3H3. The van der Waals surface area contributed by atoms with Crippen LogP contribution in [0.4, 0.5) is 5.69 Å². The van der Waals surface area contributed by atoms with Crippen molar-refractivity contribution in [2.45, 2.75) is 6.92 Å². The van der Waals surface area contributed by atoms with Crippen molar-refractivity contribution >= 4 is 22.9 Å². The quantitative estimate of drug-likeness (QED) is 0.663. The summed E-state index contributed by atoms with van der Waals surface area (Å²) in [5.41, 5.74) is 3.56. The summed E-state index contributed by atoms with van der Waals surface area (Å²) in [6.45, 7) is 3.56. The predicted octanol–water partition coefficient (Wildman–Crippen LogP) is 3.47. The van der Waals surface area contributed by atoms with Gasteiger partial charge in [-0.25, -0.2) is 4.98 Å². The molecule has 1 amide bonds. The molecule has 0 radical (unpaired) electrons. The summed E-state index contributed by atoms with van der Waals surface area (Å²) < 4.78 is 5.64. The number of hydrogen-bond donors (Lipinski definition) is 0. The number of nitrogens with zero attached hydrogens (tertiary/aromatic N) is 4. The number of likely N-dealkylation sites (N-methyl/N-ethyl adjacent to an activating group) is 1. The number of pyridine rings is 1. The maximum Gasteiger partial charge on any atom is 0.265 e. The second kappa shape index (κ2) is 7.69. The van der Waals surface area contributed by atoms with Gasteiger partial charge in [0.2, 0.25) is 0 Å². The molecule has 0 saturated carbocycles. The van der Waals surface area contributed by atoms with Gasteiger partial charge in [0.25, 0.3) is 5.91 Å². The molecule has 0 atom stereocenters. The first-order valence-corrected chi connectivity index (χ1v) is 9.96. The van der Waals surface area contributed by atoms with Gasteiger partial charge in [-0.3, -0.25) is 9.78 Å². The lowest BCUT2D eigenvalue weighted by Gasteiger charge is -2.30. The van der Waals surface area contributed by atoms with Gasteiger partial charge in [0, 0.05) is 29.7 Å². The summed E-state index contributed by atoms with van der Waals surface area (Å²) >= 11 is 1.62. The Hall–Kier alpha value is -2.77. The van der Waals surface area contributed by atoms with E-state index in [4.69, 9.17) is 9.72 Å². The topological polar surface area (TPSA) is 58.6 Å². The number of fused-ring (bicyclic) bond motifs is 1. The molecule has 7 heteroatoms. The number of thiazole rings is 1. The number of carbonyl (C=O) groups is 1. The Morgan fingerprint density at radius 2 is 2.11 bits per heavy atom. The SMILES string of the molecule is Cc1sc(-c2ccccn2)nc1-c1ccc2c(c1)N(CCN(C)C)C(=O)CO2. The average molecular weight is 395 g/mol. The van der Waals surface area contributed by atoms with Crippen LogP contribution in [-0.4, -0.2) is 54.6 Å². The molecule has 28 heavy (non-hydrogen) atoms. The number of ether oxygens (including phenoxy) is 1. The van der Waals surface area contributed by atoms with Gasteiger partial charge in [-0.05, 0) is 51.4 Å². The zero-order valence-electron chi connectivity index (χ0n) is 16.2. The maximum absolute atomic E-state index is 12.4. The molecule has 0 bridgehead atoms. The molecule has 0 saturated heterocycles. The molecule has 0 fully saturated rings. The van der Waals surface area contributed by atoms with Crippen molar-refractivity contribution in [2.24, 2.45) is 0 Å². The molecule has 3 aromatic rings. The fraction of sp³-hybridized carbons (Fsp3) is 0.286. The van der Waals surface area contributed by atoms with E-state index < -0.39 is 0 Å². The first-order valence-electron chi connectivity index (χ1n) is 9.14. The van der Waals surface area contributed by atoms with Crippen LogP contribution in [0.25, 0.3) is 22.0 Å². The van der Waals surface area contributed by atoms with E-state index in [1.165, 1.54) is 0 Å². The minimum atomic E-state index is -0.0179. The van der Waals surface area contributed by atoms with E-state index in [1.807, 2.05) is 55.4 Å². The smallest absolute Gasteiger partial charge is 0.265 e. The molecule has 4 rings (SSSR count). The lowest BCUT2D eigenvalue weighted by atomic mass is 10.1. The van der Waals surface area contributed by atoms with Crippen LogP contribution in [0, 0.1) is 6.92 Å². The lowest BCUT2D eigenvalue weighted by Crippen LogP contribution is -2.42. The van der Waals surface area contributed by atoms with Crippen molar-refractivity contribution in [3.63, 3.8) is 0 Å². The van der Waals surface area contributed by atoms with Crippen LogP contribution in [0.5, 0.6) is 5.75 Å². The predicted molar refractivity (Wildman–Crippen MR) is 112 cm³/mol. The molecule has 1 aliphatic rings. The van der Waals surface area contributed by atoms with Crippen LogP contribution in [0.2, 0.25) is 0 Å². The largest absolute Gasteiger partial charge is 0.482 e. The lowest BCUT2D eigenvalue weighted by molar-refractivity contribution is -0.121. The first-order chi connectivity index (χ1) is 13.5. The fourth-order valence-electron chi connectivity index (χ4n) is 3.16. The molecule has 3 heterocycles. The molecule has 144 valence electrons. The minimum absolute atomic E-state index is 0.0179. The average Bonchev–Trinajstić information content (AvgIpc) is 3.09. The van der Waals surface area contributed by atoms with Gasteiger partial charge < -0.3 is 14.5 Å². The second-order valence-electron chi connectivity index (χ2n) is 6.96. The van der Waals surface area contributed by atoms with Crippen molar-refractivity contribution in [1.82, 2.24) is 14.9 Å². The summed E-state index contributed by atoms with van der Waals surface area (Å²) in [4.78, 5) is 26.6. The molecule has 1 aromatic carbocycles. The Kier molecular flexibility index (Phi) is 5.11. The van der Waals surface area contributed by atoms with Gasteiger partial charge >= 0.3 is 0 Å². The Labute approximate surface area is 168 Å². The monoisotopic (exact) mass is 394 g/mol. The highest BCUT2D eigenvalue weighted by molar-refractivity contribution is 7.15. The molecular formula is C21H22N4O2S. The third-order valence-corrected chi connectivity index (χ3v) is 5.62. The summed E-state index contributed by atoms with van der Waals surface area (Å²) in [5.74, 6) is 0.718. The molecular weight excluding hydrogens is 372 g/mol. The van der Waals surface area contributed by atoms with Crippen LogP contribution in [-0.2, 0) is 4.79 Å². The normalized spacial score (nSPS) is 13.6. The number of aryl methyl sites for hydroxylation is 1. The summed E-state index contributed by atoms with van der Waals surface area (Å²) in [6, 6.07) is 11.8. The summed E-state index contributed by atoms with van der Waals surface area (Å²) in [6.07, 6.45) is 1.77. The molecule has 0 spiro atoms. The van der Waals surface area contributed by atoms with Crippen LogP contribution in [0.3, 0.4) is 0 Å². The third kappa shape index (κ3) is 3.63. The van der Waals surface area contributed by atoms with Crippen LogP contribution < -0.4 is 9.64 Å². The zero-order valence-corrected chi connectivity index (χ0v) is 17.0. The van der Waals surface area contributed by atoms with E-state index in [0.29, 0.717) is 6.54 Å². The summed E-state index contributed by atoms with van der Waals surface area (Å²) in [7, 11) is 4.00. The summed E-state index contributed by atoms with van der Waals surface area (Å²) in [5, 5.41) is 0.891. The van der Waals surface area contributed by atoms with Crippen LogP contribution in [0.1, 0.15) is 4.88 Å². The molecule has 2 aromatic heterocycles. The van der Waals surface area contributed by atoms with Gasteiger partial charge in [-0.15, -0.1) is 11.3 Å². The van der Waals surface area contributed by atoms with Crippen molar-refractivity contribution in [3.8, 4) is 27.7 Å². The van der Waals surface area contributed by atoms with Crippen molar-refractivity contribution < 1.29 is 9.53 Å². The Bertz CT molecular complexity index is 1000. The maximum atomic E-state index is 12.4. The number of benzene rings is 1. The van der Waals surface area contributed by atoms with Gasteiger partial charge in [0.1, 0.15) is 10.8 Å². The van der Waals surface area contributed by atoms with E-state index in [-0.39, 0.29) is 12.5 Å². The highest BCUT2D eigenvalue weighted by Gasteiger charge is 2.26. The molecule has 0 unspecified atom stereocenters. The molecule has 0 N–H and O–H groups in total. The van der Waals surface area contributed by atoms with E-state index >= 15 is 0 Å². The van der Waals surface area contributed by atoms with Crippen molar-refractivity contribution in [1.29, 1.82) is 0 Å². The Morgan fingerprint density at radius 3 is 2.86 bits per heavy atom. The highest BCUT2D eigenvalue weighted by Crippen LogP contribution is 2.38. The van der Waals surface area contributed by atoms with E-state index in [0.717, 1.165) is 44.8 Å².